The average Bonchev–Trinajstić information content (AvgIpc) is 3.50. The monoisotopic (exact) mass is 483 g/mol. The van der Waals surface area contributed by atoms with Crippen LogP contribution in [-0.4, -0.2) is 38.9 Å². The Morgan fingerprint density at radius 1 is 1.11 bits per heavy atom. The predicted molar refractivity (Wildman–Crippen MR) is 127 cm³/mol. The largest absolute Gasteiger partial charge is 0.416 e. The quantitative estimate of drug-likeness (QED) is 0.358. The van der Waals surface area contributed by atoms with Crippen LogP contribution in [0, 0.1) is 5.92 Å². The maximum atomic E-state index is 12.8. The van der Waals surface area contributed by atoms with Crippen LogP contribution in [0.3, 0.4) is 0 Å². The number of hydrogen-bond donors (Lipinski definition) is 3. The number of aromatic amines is 1. The smallest absolute Gasteiger partial charge is 0.371 e. The molecule has 11 heteroatoms. The molecule has 2 aromatic carbocycles. The number of anilines is 3. The number of rotatable bonds is 5. The maximum Gasteiger partial charge on any atom is 0.416 e. The van der Waals surface area contributed by atoms with E-state index in [-0.39, 0.29) is 5.69 Å². The minimum atomic E-state index is -4.43. The zero-order valence-electron chi connectivity index (χ0n) is 18.7. The van der Waals surface area contributed by atoms with Gasteiger partial charge in [-0.3, -0.25) is 4.68 Å². The second kappa shape index (κ2) is 9.32. The van der Waals surface area contributed by atoms with E-state index in [1.807, 2.05) is 29.1 Å². The molecule has 182 valence electrons. The van der Waals surface area contributed by atoms with Gasteiger partial charge in [0.25, 0.3) is 0 Å². The van der Waals surface area contributed by atoms with Crippen LogP contribution in [0.4, 0.5) is 35.0 Å². The number of fused-ring (bicyclic) bond motifs is 1. The van der Waals surface area contributed by atoms with Crippen molar-refractivity contribution >= 4 is 34.0 Å². The van der Waals surface area contributed by atoms with E-state index >= 15 is 0 Å². The first kappa shape index (κ1) is 22.8. The molecule has 2 amide bonds. The number of hydrogen-bond acceptors (Lipinski definition) is 4. The van der Waals surface area contributed by atoms with Gasteiger partial charge in [0, 0.05) is 53.8 Å². The Morgan fingerprint density at radius 3 is 2.66 bits per heavy atom. The Morgan fingerprint density at radius 2 is 1.91 bits per heavy atom. The highest BCUT2D eigenvalue weighted by Gasteiger charge is 2.30. The van der Waals surface area contributed by atoms with Crippen molar-refractivity contribution < 1.29 is 18.0 Å². The molecule has 0 radical (unpaired) electrons. The number of urea groups is 1. The number of carbonyl (C=O) groups is 1. The lowest BCUT2D eigenvalue weighted by molar-refractivity contribution is -0.137. The molecule has 1 aliphatic rings. The van der Waals surface area contributed by atoms with E-state index in [2.05, 4.69) is 30.6 Å². The number of benzene rings is 2. The molecule has 35 heavy (non-hydrogen) atoms. The highest BCUT2D eigenvalue weighted by molar-refractivity contribution is 6.03. The van der Waals surface area contributed by atoms with Gasteiger partial charge in [-0.1, -0.05) is 0 Å². The third-order valence-electron chi connectivity index (χ3n) is 6.15. The fourth-order valence-electron chi connectivity index (χ4n) is 4.54. The minimum Gasteiger partial charge on any atom is -0.371 e. The number of amides is 2. The summed E-state index contributed by atoms with van der Waals surface area (Å²) in [5, 5.41) is 10.7. The third-order valence-corrected chi connectivity index (χ3v) is 6.15. The van der Waals surface area contributed by atoms with Crippen LogP contribution in [0.2, 0.25) is 0 Å². The molecule has 4 aromatic rings. The summed E-state index contributed by atoms with van der Waals surface area (Å²) in [6, 6.07) is 9.57. The SMILES string of the molecule is O=C(Nc1ccc(C(F)(F)F)cc1)Nc1cc(N2CCCC(Cn3cncn3)C2)c2cc[nH]c2c1. The molecule has 0 aliphatic carbocycles. The van der Waals surface area contributed by atoms with Gasteiger partial charge in [0.2, 0.25) is 0 Å². The van der Waals surface area contributed by atoms with Crippen molar-refractivity contribution in [3.8, 4) is 0 Å². The van der Waals surface area contributed by atoms with Gasteiger partial charge in [0.15, 0.2) is 0 Å². The second-order valence-electron chi connectivity index (χ2n) is 8.66. The topological polar surface area (TPSA) is 90.9 Å². The molecule has 3 heterocycles. The van der Waals surface area contributed by atoms with Crippen LogP contribution in [0.5, 0.6) is 0 Å². The number of carbonyl (C=O) groups excluding carboxylic acids is 1. The van der Waals surface area contributed by atoms with Crippen molar-refractivity contribution in [2.24, 2.45) is 5.92 Å². The zero-order valence-corrected chi connectivity index (χ0v) is 18.7. The van der Waals surface area contributed by atoms with Crippen molar-refractivity contribution in [1.82, 2.24) is 19.7 Å². The molecule has 0 spiro atoms. The summed E-state index contributed by atoms with van der Waals surface area (Å²) < 4.78 is 40.2. The molecule has 1 aliphatic heterocycles. The normalized spacial score (nSPS) is 16.4. The number of nitrogens with zero attached hydrogens (tertiary/aromatic N) is 4. The van der Waals surface area contributed by atoms with Gasteiger partial charge in [-0.15, -0.1) is 0 Å². The summed E-state index contributed by atoms with van der Waals surface area (Å²) >= 11 is 0. The number of halogens is 3. The first-order chi connectivity index (χ1) is 16.8. The van der Waals surface area contributed by atoms with Gasteiger partial charge in [0.1, 0.15) is 12.7 Å². The van der Waals surface area contributed by atoms with E-state index in [4.69, 9.17) is 0 Å². The first-order valence-corrected chi connectivity index (χ1v) is 11.3. The summed E-state index contributed by atoms with van der Waals surface area (Å²) in [6.45, 7) is 2.54. The summed E-state index contributed by atoms with van der Waals surface area (Å²) in [6.07, 6.45) is 2.83. The first-order valence-electron chi connectivity index (χ1n) is 11.3. The fourth-order valence-corrected chi connectivity index (χ4v) is 4.54. The van der Waals surface area contributed by atoms with Crippen LogP contribution in [0.1, 0.15) is 18.4 Å². The number of H-pyrrole nitrogens is 1. The lowest BCUT2D eigenvalue weighted by Crippen LogP contribution is -2.37. The van der Waals surface area contributed by atoms with Crippen LogP contribution in [0.15, 0.2) is 61.3 Å². The second-order valence-corrected chi connectivity index (χ2v) is 8.66. The molecule has 1 saturated heterocycles. The van der Waals surface area contributed by atoms with E-state index in [0.29, 0.717) is 11.6 Å². The van der Waals surface area contributed by atoms with Crippen LogP contribution >= 0.6 is 0 Å². The molecule has 3 N–H and O–H groups in total. The highest BCUT2D eigenvalue weighted by Crippen LogP contribution is 2.34. The number of aromatic nitrogens is 4. The molecular formula is C24H24F3N7O. The van der Waals surface area contributed by atoms with Crippen LogP contribution in [-0.2, 0) is 12.7 Å². The molecule has 1 atom stereocenters. The van der Waals surface area contributed by atoms with Gasteiger partial charge in [0.05, 0.1) is 5.56 Å². The average molecular weight is 483 g/mol. The van der Waals surface area contributed by atoms with Gasteiger partial charge in [-0.05, 0) is 61.2 Å². The summed E-state index contributed by atoms with van der Waals surface area (Å²) in [4.78, 5) is 22.1. The Bertz CT molecular complexity index is 1300. The van der Waals surface area contributed by atoms with Crippen molar-refractivity contribution in [3.63, 3.8) is 0 Å². The summed E-state index contributed by atoms with van der Waals surface area (Å²) in [5.74, 6) is 0.416. The maximum absolute atomic E-state index is 12.8. The van der Waals surface area contributed by atoms with Crippen LogP contribution in [0.25, 0.3) is 10.9 Å². The Hall–Kier alpha value is -4.02. The number of alkyl halides is 3. The lowest BCUT2D eigenvalue weighted by atomic mass is 9.97. The highest BCUT2D eigenvalue weighted by atomic mass is 19.4. The van der Waals surface area contributed by atoms with E-state index in [0.717, 1.165) is 61.2 Å². The molecule has 1 fully saturated rings. The van der Waals surface area contributed by atoms with Gasteiger partial charge in [-0.2, -0.15) is 18.3 Å². The van der Waals surface area contributed by atoms with E-state index in [9.17, 15) is 18.0 Å². The standard InChI is InChI=1S/C24H24F3N7O/c25-24(26,27)17-3-5-18(6-4-17)31-23(35)32-19-10-21-20(7-8-29-21)22(11-19)33-9-1-2-16(12-33)13-34-15-28-14-30-34/h3-8,10-11,14-16,29H,1-2,9,12-13H2,(H2,31,32,35). The van der Waals surface area contributed by atoms with Crippen LogP contribution < -0.4 is 15.5 Å². The minimum absolute atomic E-state index is 0.267. The van der Waals surface area contributed by atoms with Gasteiger partial charge >= 0.3 is 12.2 Å². The molecule has 0 bridgehead atoms. The summed E-state index contributed by atoms with van der Waals surface area (Å²) in [5.41, 5.74) is 1.97. The van der Waals surface area contributed by atoms with Crippen molar-refractivity contribution in [2.45, 2.75) is 25.6 Å². The number of piperidine rings is 1. The molecular weight excluding hydrogens is 459 g/mol. The zero-order chi connectivity index (χ0) is 24.4. The molecule has 2 aromatic heterocycles. The van der Waals surface area contributed by atoms with E-state index < -0.39 is 17.8 Å². The Kier molecular flexibility index (Phi) is 6.06. The van der Waals surface area contributed by atoms with E-state index in [1.54, 1.807) is 6.33 Å². The molecule has 1 unspecified atom stereocenters. The van der Waals surface area contributed by atoms with E-state index in [1.165, 1.54) is 18.5 Å². The lowest BCUT2D eigenvalue weighted by Gasteiger charge is -2.35. The Labute approximate surface area is 199 Å². The fraction of sp³-hybridized carbons (Fsp3) is 0.292. The molecule has 8 nitrogen and oxygen atoms in total. The summed E-state index contributed by atoms with van der Waals surface area (Å²) in [7, 11) is 0. The van der Waals surface area contributed by atoms with Gasteiger partial charge < -0.3 is 20.5 Å². The van der Waals surface area contributed by atoms with Crippen molar-refractivity contribution in [2.75, 3.05) is 28.6 Å². The molecule has 5 rings (SSSR count). The van der Waals surface area contributed by atoms with Crippen molar-refractivity contribution in [3.05, 3.63) is 66.9 Å². The number of nitrogens with one attached hydrogen (secondary N) is 3. The molecule has 0 saturated carbocycles. The Balaban J connectivity index is 1.31. The van der Waals surface area contributed by atoms with Crippen molar-refractivity contribution in [1.29, 1.82) is 0 Å². The third kappa shape index (κ3) is 5.23. The predicted octanol–water partition coefficient (Wildman–Crippen LogP) is 5.34. The van der Waals surface area contributed by atoms with Gasteiger partial charge in [-0.25, -0.2) is 9.78 Å².